The van der Waals surface area contributed by atoms with E-state index in [4.69, 9.17) is 4.74 Å². The van der Waals surface area contributed by atoms with Gasteiger partial charge in [0.2, 0.25) is 5.91 Å². The van der Waals surface area contributed by atoms with E-state index in [1.165, 1.54) is 11.3 Å². The number of ether oxygens (including phenoxy) is 1. The Labute approximate surface area is 189 Å². The first-order valence-corrected chi connectivity index (χ1v) is 12.1. The highest BCUT2D eigenvalue weighted by molar-refractivity contribution is 7.14. The Balaban J connectivity index is 1.50. The molecule has 162 valence electrons. The summed E-state index contributed by atoms with van der Waals surface area (Å²) in [4.78, 5) is 32.2. The lowest BCUT2D eigenvalue weighted by Crippen LogP contribution is -2.42. The van der Waals surface area contributed by atoms with Crippen molar-refractivity contribution in [2.75, 3.05) is 25.0 Å². The van der Waals surface area contributed by atoms with Gasteiger partial charge in [-0.25, -0.2) is 4.98 Å². The lowest BCUT2D eigenvalue weighted by Gasteiger charge is -2.24. The fourth-order valence-electron chi connectivity index (χ4n) is 3.56. The van der Waals surface area contributed by atoms with Crippen molar-refractivity contribution >= 4 is 40.2 Å². The fraction of sp³-hybridized carbons (Fsp3) is 0.348. The van der Waals surface area contributed by atoms with Crippen molar-refractivity contribution in [1.29, 1.82) is 0 Å². The van der Waals surface area contributed by atoms with E-state index < -0.39 is 0 Å². The van der Waals surface area contributed by atoms with Crippen LogP contribution in [0.15, 0.2) is 40.4 Å². The number of thiophene rings is 1. The molecular formula is C23H25N3O3S2. The zero-order valence-corrected chi connectivity index (χ0v) is 19.2. The Morgan fingerprint density at radius 3 is 2.87 bits per heavy atom. The smallest absolute Gasteiger partial charge is 0.273 e. The van der Waals surface area contributed by atoms with E-state index in [0.29, 0.717) is 18.8 Å². The van der Waals surface area contributed by atoms with Crippen molar-refractivity contribution in [2.24, 2.45) is 0 Å². The third kappa shape index (κ3) is 5.20. The van der Waals surface area contributed by atoms with Gasteiger partial charge >= 0.3 is 0 Å². The Morgan fingerprint density at radius 1 is 1.26 bits per heavy atom. The van der Waals surface area contributed by atoms with Gasteiger partial charge in [0, 0.05) is 35.2 Å². The van der Waals surface area contributed by atoms with E-state index in [-0.39, 0.29) is 24.5 Å². The number of aryl methyl sites for hydroxylation is 1. The summed E-state index contributed by atoms with van der Waals surface area (Å²) in [6, 6.07) is 7.78. The molecular weight excluding hydrogens is 430 g/mol. The maximum Gasteiger partial charge on any atom is 0.273 e. The van der Waals surface area contributed by atoms with Crippen molar-refractivity contribution < 1.29 is 14.3 Å². The van der Waals surface area contributed by atoms with E-state index in [0.717, 1.165) is 40.2 Å². The molecule has 31 heavy (non-hydrogen) atoms. The van der Waals surface area contributed by atoms with E-state index in [9.17, 15) is 9.59 Å². The number of hydrogen-bond acceptors (Lipinski definition) is 6. The second kappa shape index (κ2) is 9.72. The molecule has 0 radical (unpaired) electrons. The molecule has 3 aromatic rings. The number of carbonyl (C=O) groups is 2. The highest BCUT2D eigenvalue weighted by Crippen LogP contribution is 2.26. The number of nitrogens with one attached hydrogen (secondary N) is 1. The summed E-state index contributed by atoms with van der Waals surface area (Å²) < 4.78 is 5.73. The second-order valence-electron chi connectivity index (χ2n) is 7.67. The standard InChI is InChI=1S/C23H25N3O3S2/c1-15-5-3-7-19(16(15)2)24-21(27)12-26(11-18-6-4-9-29-18)23(28)20-14-31-22(25-20)17-8-10-30-13-17/h3,5,7-8,10,13-14,18H,4,6,9,11-12H2,1-2H3,(H,24,27). The number of carbonyl (C=O) groups excluding carboxylic acids is 2. The van der Waals surface area contributed by atoms with Crippen molar-refractivity contribution in [1.82, 2.24) is 9.88 Å². The maximum atomic E-state index is 13.3. The summed E-state index contributed by atoms with van der Waals surface area (Å²) in [5.74, 6) is -0.474. The van der Waals surface area contributed by atoms with Crippen LogP contribution in [-0.2, 0) is 9.53 Å². The van der Waals surface area contributed by atoms with Crippen molar-refractivity contribution in [3.63, 3.8) is 0 Å². The van der Waals surface area contributed by atoms with Crippen LogP contribution in [0.25, 0.3) is 10.6 Å². The number of rotatable bonds is 7. The zero-order chi connectivity index (χ0) is 21.8. The summed E-state index contributed by atoms with van der Waals surface area (Å²) in [7, 11) is 0. The van der Waals surface area contributed by atoms with Crippen LogP contribution in [0.2, 0.25) is 0 Å². The SMILES string of the molecule is Cc1cccc(NC(=O)CN(CC2CCCO2)C(=O)c2csc(-c3ccsc3)n2)c1C. The number of amides is 2. The molecule has 6 nitrogen and oxygen atoms in total. The van der Waals surface area contributed by atoms with Crippen LogP contribution in [0.3, 0.4) is 0 Å². The van der Waals surface area contributed by atoms with Gasteiger partial charge in [-0.15, -0.1) is 11.3 Å². The van der Waals surface area contributed by atoms with E-state index in [2.05, 4.69) is 10.3 Å². The van der Waals surface area contributed by atoms with Crippen LogP contribution in [0.5, 0.6) is 0 Å². The summed E-state index contributed by atoms with van der Waals surface area (Å²) in [6.45, 7) is 5.01. The Bertz CT molecular complexity index is 1060. The first-order valence-electron chi connectivity index (χ1n) is 10.3. The average molecular weight is 456 g/mol. The lowest BCUT2D eigenvalue weighted by molar-refractivity contribution is -0.117. The lowest BCUT2D eigenvalue weighted by atomic mass is 10.1. The number of nitrogens with zero attached hydrogens (tertiary/aromatic N) is 2. The molecule has 1 aliphatic heterocycles. The number of aromatic nitrogens is 1. The third-order valence-corrected chi connectivity index (χ3v) is 7.01. The Morgan fingerprint density at radius 2 is 2.13 bits per heavy atom. The third-order valence-electron chi connectivity index (χ3n) is 5.44. The van der Waals surface area contributed by atoms with E-state index in [1.54, 1.807) is 21.6 Å². The van der Waals surface area contributed by atoms with Crippen LogP contribution >= 0.6 is 22.7 Å². The molecule has 1 aromatic carbocycles. The molecule has 0 aliphatic carbocycles. The van der Waals surface area contributed by atoms with Gasteiger partial charge in [-0.2, -0.15) is 11.3 Å². The number of anilines is 1. The van der Waals surface area contributed by atoms with Crippen LogP contribution in [0.4, 0.5) is 5.69 Å². The number of benzene rings is 1. The quantitative estimate of drug-likeness (QED) is 0.558. The molecule has 0 bridgehead atoms. The molecule has 2 amide bonds. The second-order valence-corrected chi connectivity index (χ2v) is 9.30. The van der Waals surface area contributed by atoms with Crippen molar-refractivity contribution in [3.8, 4) is 10.6 Å². The fourth-order valence-corrected chi connectivity index (χ4v) is 5.06. The largest absolute Gasteiger partial charge is 0.376 e. The van der Waals surface area contributed by atoms with Crippen LogP contribution in [0, 0.1) is 13.8 Å². The average Bonchev–Trinajstić information content (AvgIpc) is 3.52. The van der Waals surface area contributed by atoms with Gasteiger partial charge in [-0.1, -0.05) is 12.1 Å². The minimum Gasteiger partial charge on any atom is -0.376 e. The topological polar surface area (TPSA) is 71.5 Å². The highest BCUT2D eigenvalue weighted by Gasteiger charge is 2.27. The Hall–Kier alpha value is -2.55. The van der Waals surface area contributed by atoms with Gasteiger partial charge in [0.05, 0.1) is 6.10 Å². The van der Waals surface area contributed by atoms with E-state index in [1.807, 2.05) is 48.9 Å². The van der Waals surface area contributed by atoms with E-state index >= 15 is 0 Å². The predicted molar refractivity (Wildman–Crippen MR) is 125 cm³/mol. The summed E-state index contributed by atoms with van der Waals surface area (Å²) >= 11 is 3.03. The minimum atomic E-state index is -0.246. The molecule has 4 rings (SSSR count). The molecule has 1 unspecified atom stereocenters. The molecule has 3 heterocycles. The normalized spacial score (nSPS) is 15.7. The molecule has 2 aromatic heterocycles. The molecule has 1 atom stereocenters. The van der Waals surface area contributed by atoms with Crippen LogP contribution in [-0.4, -0.2) is 47.5 Å². The molecule has 0 spiro atoms. The summed E-state index contributed by atoms with van der Waals surface area (Å²) in [5.41, 5.74) is 4.26. The van der Waals surface area contributed by atoms with Crippen molar-refractivity contribution in [3.05, 3.63) is 57.2 Å². The molecule has 1 N–H and O–H groups in total. The monoisotopic (exact) mass is 455 g/mol. The highest BCUT2D eigenvalue weighted by atomic mass is 32.1. The molecule has 1 aliphatic rings. The number of thiazole rings is 1. The zero-order valence-electron chi connectivity index (χ0n) is 17.6. The van der Waals surface area contributed by atoms with Gasteiger partial charge in [0.15, 0.2) is 0 Å². The first-order chi connectivity index (χ1) is 15.0. The maximum absolute atomic E-state index is 13.3. The molecule has 1 saturated heterocycles. The van der Waals surface area contributed by atoms with Gasteiger partial charge in [-0.05, 0) is 55.3 Å². The van der Waals surface area contributed by atoms with Gasteiger partial charge in [-0.3, -0.25) is 9.59 Å². The molecule has 8 heteroatoms. The van der Waals surface area contributed by atoms with Gasteiger partial charge in [0.1, 0.15) is 17.2 Å². The van der Waals surface area contributed by atoms with Gasteiger partial charge < -0.3 is 15.0 Å². The van der Waals surface area contributed by atoms with Crippen LogP contribution < -0.4 is 5.32 Å². The predicted octanol–water partition coefficient (Wildman–Crippen LogP) is 4.75. The van der Waals surface area contributed by atoms with Crippen molar-refractivity contribution in [2.45, 2.75) is 32.8 Å². The first kappa shape index (κ1) is 21.7. The van der Waals surface area contributed by atoms with Crippen LogP contribution in [0.1, 0.15) is 34.5 Å². The summed E-state index contributed by atoms with van der Waals surface area (Å²) in [6.07, 6.45) is 1.81. The molecule has 1 fully saturated rings. The molecule has 0 saturated carbocycles. The van der Waals surface area contributed by atoms with Gasteiger partial charge in [0.25, 0.3) is 5.91 Å². The summed E-state index contributed by atoms with van der Waals surface area (Å²) in [5, 5.41) is 9.52. The Kier molecular flexibility index (Phi) is 6.80. The number of hydrogen-bond donors (Lipinski definition) is 1. The minimum absolute atomic E-state index is 0.0443.